The second-order valence-electron chi connectivity index (χ2n) is 7.55. The molecule has 3 aromatic carbocycles. The third kappa shape index (κ3) is 4.49. The van der Waals surface area contributed by atoms with Crippen LogP contribution in [0.4, 0.5) is 5.69 Å². The van der Waals surface area contributed by atoms with Crippen LogP contribution in [0.15, 0.2) is 71.6 Å². The molecular formula is C24H20Cl2N2O5S. The number of hydrogen-bond donors (Lipinski definition) is 1. The minimum absolute atomic E-state index is 0.0592. The van der Waals surface area contributed by atoms with Crippen LogP contribution in [0.3, 0.4) is 0 Å². The molecule has 0 saturated heterocycles. The van der Waals surface area contributed by atoms with Gasteiger partial charge in [0.15, 0.2) is 0 Å². The van der Waals surface area contributed by atoms with Gasteiger partial charge in [-0.2, -0.15) is 0 Å². The maximum Gasteiger partial charge on any atom is 0.325 e. The Kier molecular flexibility index (Phi) is 6.84. The monoisotopic (exact) mass is 518 g/mol. The van der Waals surface area contributed by atoms with Gasteiger partial charge in [-0.05, 0) is 35.4 Å². The van der Waals surface area contributed by atoms with Crippen molar-refractivity contribution in [3.8, 4) is 11.1 Å². The highest BCUT2D eigenvalue weighted by Crippen LogP contribution is 2.48. The highest BCUT2D eigenvalue weighted by Gasteiger charge is 2.40. The third-order valence-electron chi connectivity index (χ3n) is 5.52. The van der Waals surface area contributed by atoms with Crippen molar-refractivity contribution in [1.29, 1.82) is 0 Å². The zero-order chi connectivity index (χ0) is 24.5. The van der Waals surface area contributed by atoms with Crippen molar-refractivity contribution in [2.75, 3.05) is 18.0 Å². The third-order valence-corrected chi connectivity index (χ3v) is 8.08. The predicted molar refractivity (Wildman–Crippen MR) is 130 cm³/mol. The van der Waals surface area contributed by atoms with E-state index in [0.29, 0.717) is 16.8 Å². The molecule has 4 rings (SSSR count). The summed E-state index contributed by atoms with van der Waals surface area (Å²) >= 11 is 12.1. The van der Waals surface area contributed by atoms with Gasteiger partial charge in [-0.1, -0.05) is 65.7 Å². The maximum atomic E-state index is 13.9. The zero-order valence-corrected chi connectivity index (χ0v) is 20.3. The first-order chi connectivity index (χ1) is 16.2. The Morgan fingerprint density at radius 1 is 0.971 bits per heavy atom. The van der Waals surface area contributed by atoms with Crippen molar-refractivity contribution >= 4 is 50.8 Å². The molecule has 1 heterocycles. The number of rotatable bonds is 6. The van der Waals surface area contributed by atoms with Crippen molar-refractivity contribution < 1.29 is 22.7 Å². The molecule has 1 aliphatic rings. The van der Waals surface area contributed by atoms with Gasteiger partial charge < -0.3 is 10.1 Å². The summed E-state index contributed by atoms with van der Waals surface area (Å²) in [6, 6.07) is 17.6. The summed E-state index contributed by atoms with van der Waals surface area (Å²) in [5.41, 5.74) is 2.63. The number of esters is 1. The number of anilines is 1. The molecule has 0 spiro atoms. The molecule has 1 N–H and O–H groups in total. The molecule has 0 aromatic heterocycles. The van der Waals surface area contributed by atoms with Crippen molar-refractivity contribution in [1.82, 2.24) is 5.32 Å². The van der Waals surface area contributed by atoms with Gasteiger partial charge in [0, 0.05) is 5.56 Å². The van der Waals surface area contributed by atoms with Crippen molar-refractivity contribution in [2.24, 2.45) is 0 Å². The van der Waals surface area contributed by atoms with Crippen molar-refractivity contribution in [3.05, 3.63) is 82.3 Å². The van der Waals surface area contributed by atoms with Gasteiger partial charge >= 0.3 is 5.97 Å². The second-order valence-corrected chi connectivity index (χ2v) is 10.2. The number of nitrogens with zero attached hydrogens (tertiary/aromatic N) is 1. The largest absolute Gasteiger partial charge is 0.468 e. The fourth-order valence-electron chi connectivity index (χ4n) is 3.95. The van der Waals surface area contributed by atoms with Crippen LogP contribution < -0.4 is 9.62 Å². The zero-order valence-electron chi connectivity index (χ0n) is 18.0. The summed E-state index contributed by atoms with van der Waals surface area (Å²) in [6.07, 6.45) is -0.219. The Morgan fingerprint density at radius 2 is 1.65 bits per heavy atom. The molecule has 0 saturated carbocycles. The number of fused-ring (bicyclic) bond motifs is 3. The van der Waals surface area contributed by atoms with Crippen molar-refractivity contribution in [2.45, 2.75) is 17.4 Å². The summed E-state index contributed by atoms with van der Waals surface area (Å²) in [7, 11) is -2.95. The summed E-state index contributed by atoms with van der Waals surface area (Å²) in [4.78, 5) is 24.2. The molecule has 1 aliphatic heterocycles. The van der Waals surface area contributed by atoms with E-state index < -0.39 is 27.9 Å². The molecule has 7 nitrogen and oxygen atoms in total. The van der Waals surface area contributed by atoms with Crippen molar-refractivity contribution in [3.63, 3.8) is 0 Å². The van der Waals surface area contributed by atoms with Gasteiger partial charge in [0.2, 0.25) is 5.91 Å². The van der Waals surface area contributed by atoms with Gasteiger partial charge in [0.25, 0.3) is 10.0 Å². The minimum atomic E-state index is -4.17. The Hall–Kier alpha value is -3.07. The topological polar surface area (TPSA) is 92.8 Å². The lowest BCUT2D eigenvalue weighted by molar-refractivity contribution is -0.141. The molecule has 10 heteroatoms. The lowest BCUT2D eigenvalue weighted by Gasteiger charge is -2.39. The number of amides is 1. The number of carbonyl (C=O) groups excluding carboxylic acids is 2. The Balaban J connectivity index is 1.85. The summed E-state index contributed by atoms with van der Waals surface area (Å²) in [6.45, 7) is -0.320. The van der Waals surface area contributed by atoms with Crippen LogP contribution in [-0.2, 0) is 24.3 Å². The second kappa shape index (κ2) is 9.66. The Bertz CT molecular complexity index is 1380. The number of halogens is 2. The van der Waals surface area contributed by atoms with E-state index in [-0.39, 0.29) is 27.9 Å². The average Bonchev–Trinajstić information content (AvgIpc) is 2.84. The normalized spacial score (nSPS) is 14.7. The number of carbonyl (C=O) groups is 2. The van der Waals surface area contributed by atoms with E-state index in [1.165, 1.54) is 29.6 Å². The van der Waals surface area contributed by atoms with Gasteiger partial charge in [0.05, 0.1) is 40.2 Å². The number of sulfonamides is 1. The lowest BCUT2D eigenvalue weighted by atomic mass is 9.88. The first-order valence-corrected chi connectivity index (χ1v) is 12.4. The Morgan fingerprint density at radius 3 is 2.35 bits per heavy atom. The number of para-hydroxylation sites is 1. The molecule has 0 fully saturated rings. The number of benzene rings is 3. The van der Waals surface area contributed by atoms with Crippen LogP contribution in [0.2, 0.25) is 10.0 Å². The minimum Gasteiger partial charge on any atom is -0.468 e. The molecule has 0 bridgehead atoms. The fraction of sp³-hybridized carbons (Fsp3) is 0.167. The van der Waals surface area contributed by atoms with E-state index in [9.17, 15) is 18.0 Å². The van der Waals surface area contributed by atoms with E-state index in [4.69, 9.17) is 23.2 Å². The molecule has 0 radical (unpaired) electrons. The van der Waals surface area contributed by atoms with E-state index >= 15 is 0 Å². The lowest BCUT2D eigenvalue weighted by Crippen LogP contribution is -2.41. The Labute approximate surface area is 207 Å². The SMILES string of the molecule is COC(=O)CNC(=O)CC1c2ccccc2-c2ccccc2N1S(=O)(=O)c1ccc(Cl)c(Cl)c1. The quantitative estimate of drug-likeness (QED) is 0.481. The molecule has 34 heavy (non-hydrogen) atoms. The molecule has 1 atom stereocenters. The van der Waals surface area contributed by atoms with Crippen LogP contribution in [0.5, 0.6) is 0 Å². The van der Waals surface area contributed by atoms with Crippen LogP contribution in [-0.4, -0.2) is 33.9 Å². The van der Waals surface area contributed by atoms with Gasteiger partial charge in [-0.15, -0.1) is 0 Å². The molecule has 0 aliphatic carbocycles. The van der Waals surface area contributed by atoms with Crippen LogP contribution in [0, 0.1) is 0 Å². The number of ether oxygens (including phenoxy) is 1. The summed E-state index contributed by atoms with van der Waals surface area (Å²) in [5.74, 6) is -1.11. The number of nitrogens with one attached hydrogen (secondary N) is 1. The molecular weight excluding hydrogens is 499 g/mol. The standard InChI is InChI=1S/C24H20Cl2N2O5S/c1-33-24(30)14-27-23(29)13-22-18-8-3-2-6-16(18)17-7-4-5-9-21(17)28(22)34(31,32)15-10-11-19(25)20(26)12-15/h2-12,22H,13-14H2,1H3,(H,27,29). The smallest absolute Gasteiger partial charge is 0.325 e. The van der Waals surface area contributed by atoms with E-state index in [0.717, 1.165) is 5.56 Å². The summed E-state index contributed by atoms with van der Waals surface area (Å²) < 4.78 is 33.7. The molecule has 1 amide bonds. The predicted octanol–water partition coefficient (Wildman–Crippen LogP) is 4.59. The molecule has 1 unspecified atom stereocenters. The van der Waals surface area contributed by atoms with E-state index in [1.807, 2.05) is 24.3 Å². The first kappa shape index (κ1) is 24.1. The molecule has 176 valence electrons. The van der Waals surface area contributed by atoms with Gasteiger partial charge in [-0.25, -0.2) is 8.42 Å². The fourth-order valence-corrected chi connectivity index (χ4v) is 5.99. The van der Waals surface area contributed by atoms with Gasteiger partial charge in [-0.3, -0.25) is 13.9 Å². The highest BCUT2D eigenvalue weighted by molar-refractivity contribution is 7.92. The average molecular weight is 519 g/mol. The van der Waals surface area contributed by atoms with Crippen LogP contribution in [0.25, 0.3) is 11.1 Å². The maximum absolute atomic E-state index is 13.9. The van der Waals surface area contributed by atoms with Crippen LogP contribution in [0.1, 0.15) is 18.0 Å². The van der Waals surface area contributed by atoms with Gasteiger partial charge in [0.1, 0.15) is 6.54 Å². The van der Waals surface area contributed by atoms with E-state index in [1.54, 1.807) is 24.3 Å². The highest BCUT2D eigenvalue weighted by atomic mass is 35.5. The number of hydrogen-bond acceptors (Lipinski definition) is 5. The molecule has 3 aromatic rings. The van der Waals surface area contributed by atoms with Crippen LogP contribution >= 0.6 is 23.2 Å². The number of methoxy groups -OCH3 is 1. The summed E-state index contributed by atoms with van der Waals surface area (Å²) in [5, 5.41) is 2.81. The van der Waals surface area contributed by atoms with E-state index in [2.05, 4.69) is 10.1 Å². The first-order valence-electron chi connectivity index (χ1n) is 10.3.